The number of phenolic OH excluding ortho intramolecular Hbond substituents is 2. The lowest BCUT2D eigenvalue weighted by molar-refractivity contribution is -0.248. The maximum atomic E-state index is 14.1. The molecule has 1 saturated heterocycles. The van der Waals surface area contributed by atoms with Crippen LogP contribution in [0.5, 0.6) is 29.0 Å². The van der Waals surface area contributed by atoms with Crippen molar-refractivity contribution in [2.24, 2.45) is 5.73 Å². The molecular weight excluding hydrogens is 1190 g/mol. The van der Waals surface area contributed by atoms with Crippen molar-refractivity contribution in [3.8, 4) is 29.0 Å². The predicted octanol–water partition coefficient (Wildman–Crippen LogP) is -0.523. The first-order valence-electron chi connectivity index (χ1n) is 27.3. The van der Waals surface area contributed by atoms with Crippen molar-refractivity contribution in [3.05, 3.63) is 110 Å². The van der Waals surface area contributed by atoms with Crippen LogP contribution in [0.3, 0.4) is 0 Å². The van der Waals surface area contributed by atoms with Gasteiger partial charge in [-0.3, -0.25) is 43.7 Å². The van der Waals surface area contributed by atoms with Crippen molar-refractivity contribution in [1.29, 1.82) is 0 Å². The highest BCUT2D eigenvalue weighted by Crippen LogP contribution is 2.53. The van der Waals surface area contributed by atoms with Crippen molar-refractivity contribution in [2.75, 3.05) is 23.9 Å². The van der Waals surface area contributed by atoms with E-state index in [1.807, 2.05) is 0 Å². The minimum Gasteiger partial charge on any atom is -0.507 e. The molecule has 4 heterocycles. The van der Waals surface area contributed by atoms with Gasteiger partial charge in [0.2, 0.25) is 29.4 Å². The Morgan fingerprint density at radius 3 is 2.35 bits per heavy atom. The van der Waals surface area contributed by atoms with Crippen molar-refractivity contribution in [3.63, 3.8) is 0 Å². The SMILES string of the molecule is COc1cccc2c1C(=O)c1c(O)c3c(c(O)c1C2=O)C[C@@](O)(C(C=O)NNC(=O)CCn1c(O)cc(SC[C@H](NC(=O)CC[C@H](NC(=O)c2ccc(NCc4cnc5nc(N)[nH]c(=O)c5n4)cc2)C(=O)O)C(=O)O)c1O)C[C@@H]3O[C@H]1C[C@@H](N)[C@H](O)C(C)O1. The van der Waals surface area contributed by atoms with Gasteiger partial charge in [0.15, 0.2) is 29.1 Å². The van der Waals surface area contributed by atoms with Crippen LogP contribution in [-0.4, -0.2) is 174 Å². The van der Waals surface area contributed by atoms with Crippen LogP contribution < -0.4 is 48.6 Å². The molecule has 3 amide bonds. The maximum absolute atomic E-state index is 14.1. The van der Waals surface area contributed by atoms with Gasteiger partial charge in [0.1, 0.15) is 41.7 Å². The van der Waals surface area contributed by atoms with Gasteiger partial charge in [-0.2, -0.15) is 4.98 Å². The molecule has 2 unspecified atom stereocenters. The van der Waals surface area contributed by atoms with Crippen LogP contribution in [0.15, 0.2) is 64.4 Å². The van der Waals surface area contributed by atoms with Crippen LogP contribution in [0.4, 0.5) is 11.6 Å². The van der Waals surface area contributed by atoms with Crippen LogP contribution >= 0.6 is 11.8 Å². The standard InChI is InChI=1S/C56H60N12O20S/c1-22-44(73)28(57)14-38(87-22)88-32-17-56(85,16-27-40(32)48(77)42-41(46(27)75)45(74)26-4-3-5-31(86-2)39(26)47(42)76)34(20-69)66-67-36(71)12-13-68-37(72)15-33(52(68)80)89-21-30(54(83)84)62-35(70)11-10-29(53(81)82)63-50(78)23-6-8-24(9-7-23)59-18-25-19-60-49-43(61-25)51(79)65-55(58)64-49/h3-9,15,19-20,22,28-30,32,34,38,44,59,66,72-73,75,77,80,85H,10-14,16-18,21,57H2,1-2H3,(H,62,70)(H,63,78)(H,67,71)(H,81,82)(H,83,84)(H3,58,60,64,65,79)/t22?,28-,29+,30+,32+,34?,38+,44-,56+/m1/s1. The Bertz CT molecular complexity index is 3870. The van der Waals surface area contributed by atoms with Gasteiger partial charge in [0.05, 0.1) is 71.0 Å². The van der Waals surface area contributed by atoms with E-state index in [4.69, 9.17) is 25.7 Å². The molecule has 3 aliphatic rings. The summed E-state index contributed by atoms with van der Waals surface area (Å²) in [4.78, 5) is 132. The number of phenols is 2. The molecule has 33 heteroatoms. The summed E-state index contributed by atoms with van der Waals surface area (Å²) >= 11 is 0.686. The number of aromatic nitrogens is 5. The number of hydrogen-bond acceptors (Lipinski definition) is 26. The number of nitrogens with one attached hydrogen (secondary N) is 6. The number of fused-ring (bicyclic) bond motifs is 4. The van der Waals surface area contributed by atoms with E-state index < -0.39 is 180 Å². The van der Waals surface area contributed by atoms with E-state index in [1.165, 1.54) is 62.7 Å². The highest BCUT2D eigenvalue weighted by atomic mass is 32.2. The minimum atomic E-state index is -2.33. The van der Waals surface area contributed by atoms with Gasteiger partial charge < -0.3 is 87.3 Å². The number of carbonyl (C=O) groups excluding carboxylic acids is 6. The van der Waals surface area contributed by atoms with Gasteiger partial charge in [-0.05, 0) is 43.7 Å². The number of rotatable bonds is 24. The molecule has 0 radical (unpaired) electrons. The molecule has 6 aromatic rings. The molecule has 9 atom stereocenters. The number of aldehydes is 1. The first-order valence-corrected chi connectivity index (χ1v) is 28.3. The molecule has 0 bridgehead atoms. The highest BCUT2D eigenvalue weighted by Gasteiger charge is 2.51. The Kier molecular flexibility index (Phi) is 18.8. The number of ether oxygens (including phenoxy) is 3. The van der Waals surface area contributed by atoms with Crippen LogP contribution in [-0.2, 0) is 53.0 Å². The Morgan fingerprint density at radius 2 is 1.66 bits per heavy atom. The third-order valence-corrected chi connectivity index (χ3v) is 16.4. The zero-order valence-corrected chi connectivity index (χ0v) is 47.9. The third kappa shape index (κ3) is 13.4. The van der Waals surface area contributed by atoms with Gasteiger partial charge >= 0.3 is 11.9 Å². The van der Waals surface area contributed by atoms with Crippen LogP contribution in [0, 0.1) is 0 Å². The number of carbonyl (C=O) groups is 8. The van der Waals surface area contributed by atoms with E-state index in [2.05, 4.69) is 46.7 Å². The number of nitrogen functional groups attached to an aromatic ring is 1. The third-order valence-electron chi connectivity index (χ3n) is 15.2. The largest absolute Gasteiger partial charge is 0.507 e. The summed E-state index contributed by atoms with van der Waals surface area (Å²) in [6, 6.07) is 5.27. The lowest BCUT2D eigenvalue weighted by atomic mass is 9.71. The molecule has 9 rings (SSSR count). The van der Waals surface area contributed by atoms with E-state index in [0.717, 1.165) is 10.6 Å². The first-order chi connectivity index (χ1) is 42.3. The number of amides is 3. The zero-order valence-electron chi connectivity index (χ0n) is 47.1. The Hall–Kier alpha value is -9.77. The zero-order chi connectivity index (χ0) is 64.3. The summed E-state index contributed by atoms with van der Waals surface area (Å²) in [6.07, 6.45) is -6.05. The Balaban J connectivity index is 0.786. The fraction of sp³-hybridized carbons (Fsp3) is 0.357. The van der Waals surface area contributed by atoms with Crippen LogP contribution in [0.1, 0.15) is 104 Å². The summed E-state index contributed by atoms with van der Waals surface area (Å²) in [5, 5.41) is 96.0. The lowest BCUT2D eigenvalue weighted by Gasteiger charge is -2.44. The number of aromatic hydroxyl groups is 4. The molecule has 2 aliphatic carbocycles. The summed E-state index contributed by atoms with van der Waals surface area (Å²) in [5.74, 6) is -10.7. The summed E-state index contributed by atoms with van der Waals surface area (Å²) in [6.45, 7) is 1.20. The lowest BCUT2D eigenvalue weighted by Crippen LogP contribution is -2.60. The quantitative estimate of drug-likeness (QED) is 0.0157. The molecule has 1 fully saturated rings. The number of hydrogen-bond donors (Lipinski definition) is 16. The van der Waals surface area contributed by atoms with Crippen molar-refractivity contribution in [2.45, 2.75) is 118 Å². The number of methoxy groups -OCH3 is 1. The average Bonchev–Trinajstić information content (AvgIpc) is 1.11. The number of nitrogens with two attached hydrogens (primary N) is 2. The van der Waals surface area contributed by atoms with Gasteiger partial charge in [0, 0.05) is 84.5 Å². The van der Waals surface area contributed by atoms with E-state index in [9.17, 15) is 84.0 Å². The normalized spacial score (nSPS) is 20.4. The number of thioether (sulfide) groups is 1. The number of ketones is 2. The highest BCUT2D eigenvalue weighted by molar-refractivity contribution is 7.99. The molecule has 0 saturated carbocycles. The number of aliphatic hydroxyl groups is 2. The average molecular weight is 1250 g/mol. The van der Waals surface area contributed by atoms with Crippen molar-refractivity contribution >= 4 is 82.1 Å². The van der Waals surface area contributed by atoms with E-state index in [-0.39, 0.29) is 74.8 Å². The fourth-order valence-corrected chi connectivity index (χ4v) is 11.6. The van der Waals surface area contributed by atoms with Crippen LogP contribution in [0.25, 0.3) is 11.2 Å². The number of hydrazine groups is 1. The number of benzene rings is 3. The molecule has 32 nitrogen and oxygen atoms in total. The first kappa shape index (κ1) is 63.7. The molecule has 1 aliphatic heterocycles. The topological polar surface area (TPSA) is 515 Å². The number of carboxylic acid groups (broad SMARTS) is 2. The van der Waals surface area contributed by atoms with Gasteiger partial charge in [-0.25, -0.2) is 25.0 Å². The Labute approximate surface area is 506 Å². The second-order valence-electron chi connectivity index (χ2n) is 21.1. The molecule has 3 aromatic heterocycles. The number of carboxylic acids is 2. The minimum absolute atomic E-state index is 0.00913. The van der Waals surface area contributed by atoms with Crippen molar-refractivity contribution in [1.82, 2.24) is 46.0 Å². The number of H-pyrrole nitrogens is 1. The second kappa shape index (κ2) is 26.3. The molecular formula is C56H60N12O20S. The molecule has 3 aromatic carbocycles. The smallest absolute Gasteiger partial charge is 0.327 e. The number of anilines is 2. The van der Waals surface area contributed by atoms with E-state index in [1.54, 1.807) is 0 Å². The van der Waals surface area contributed by atoms with E-state index in [0.29, 0.717) is 23.1 Å². The van der Waals surface area contributed by atoms with Gasteiger partial charge in [-0.15, -0.1) is 11.8 Å². The fourth-order valence-electron chi connectivity index (χ4n) is 10.6. The Morgan fingerprint density at radius 1 is 0.944 bits per heavy atom. The summed E-state index contributed by atoms with van der Waals surface area (Å²) in [7, 11) is 1.27. The maximum Gasteiger partial charge on any atom is 0.327 e. The number of aromatic amines is 1. The molecule has 89 heavy (non-hydrogen) atoms. The second-order valence-corrected chi connectivity index (χ2v) is 22.2. The monoisotopic (exact) mass is 1250 g/mol. The summed E-state index contributed by atoms with van der Waals surface area (Å²) < 4.78 is 18.3. The van der Waals surface area contributed by atoms with Gasteiger partial charge in [0.25, 0.3) is 11.5 Å². The number of nitrogens with zero attached hydrogens (tertiary/aromatic N) is 4. The predicted molar refractivity (Wildman–Crippen MR) is 308 cm³/mol. The number of aliphatic carboxylic acids is 2. The number of aliphatic hydroxyl groups excluding tert-OH is 1. The summed E-state index contributed by atoms with van der Waals surface area (Å²) in [5.41, 5.74) is 12.5. The van der Waals surface area contributed by atoms with Crippen LogP contribution in [0.2, 0.25) is 0 Å². The molecule has 18 N–H and O–H groups in total. The molecule has 470 valence electrons. The van der Waals surface area contributed by atoms with Crippen molar-refractivity contribution < 1.29 is 93.4 Å². The van der Waals surface area contributed by atoms with Gasteiger partial charge in [-0.1, -0.05) is 12.1 Å². The van der Waals surface area contributed by atoms with E-state index >= 15 is 0 Å². The molecule has 0 spiro atoms.